The number of rotatable bonds is 7. The summed E-state index contributed by atoms with van der Waals surface area (Å²) in [6.07, 6.45) is 0. The molecule has 0 spiro atoms. The summed E-state index contributed by atoms with van der Waals surface area (Å²) < 4.78 is 1.59. The average molecular weight is 492 g/mol. The van der Waals surface area contributed by atoms with Crippen molar-refractivity contribution in [1.29, 1.82) is 0 Å². The van der Waals surface area contributed by atoms with E-state index in [9.17, 15) is 19.5 Å². The van der Waals surface area contributed by atoms with Crippen LogP contribution in [0.25, 0.3) is 10.2 Å². The molecule has 1 aromatic heterocycles. The Morgan fingerprint density at radius 2 is 1.74 bits per heavy atom. The van der Waals surface area contributed by atoms with Crippen LogP contribution in [0.5, 0.6) is 0 Å². The highest BCUT2D eigenvalue weighted by Gasteiger charge is 2.16. The third-order valence-corrected chi connectivity index (χ3v) is 7.18. The summed E-state index contributed by atoms with van der Waals surface area (Å²) in [5.41, 5.74) is 4.21. The smallest absolute Gasteiger partial charge is 0.336 e. The maximum absolute atomic E-state index is 12.6. The summed E-state index contributed by atoms with van der Waals surface area (Å²) >= 11 is 2.77. The minimum atomic E-state index is -1.16. The Bertz CT molecular complexity index is 1410. The molecule has 0 radical (unpaired) electrons. The van der Waals surface area contributed by atoms with Gasteiger partial charge in [0.25, 0.3) is 5.91 Å². The molecule has 7 nitrogen and oxygen atoms in total. The fraction of sp³-hybridized carbons (Fsp3) is 0.120. The average Bonchev–Trinajstić information content (AvgIpc) is 3.22. The Kier molecular flexibility index (Phi) is 6.95. The number of carboxylic acid groups (broad SMARTS) is 1. The summed E-state index contributed by atoms with van der Waals surface area (Å²) in [7, 11) is 0. The lowest BCUT2D eigenvalue weighted by atomic mass is 10.1. The van der Waals surface area contributed by atoms with Gasteiger partial charge in [-0.1, -0.05) is 36.0 Å². The second-order valence-corrected chi connectivity index (χ2v) is 9.88. The van der Waals surface area contributed by atoms with Crippen LogP contribution in [0.2, 0.25) is 0 Å². The minimum Gasteiger partial charge on any atom is -0.478 e. The van der Waals surface area contributed by atoms with Crippen LogP contribution >= 0.6 is 23.1 Å². The molecule has 0 saturated carbocycles. The van der Waals surface area contributed by atoms with Gasteiger partial charge in [-0.05, 0) is 61.4 Å². The Labute approximate surface area is 204 Å². The zero-order chi connectivity index (χ0) is 24.2. The van der Waals surface area contributed by atoms with Gasteiger partial charge in [0, 0.05) is 11.4 Å². The van der Waals surface area contributed by atoms with E-state index >= 15 is 0 Å². The monoisotopic (exact) mass is 491 g/mol. The number of amides is 2. The first kappa shape index (κ1) is 23.5. The van der Waals surface area contributed by atoms with Crippen molar-refractivity contribution in [2.75, 3.05) is 16.4 Å². The van der Waals surface area contributed by atoms with Crippen molar-refractivity contribution in [2.45, 2.75) is 18.2 Å². The van der Waals surface area contributed by atoms with E-state index in [4.69, 9.17) is 0 Å². The highest BCUT2D eigenvalue weighted by Crippen LogP contribution is 2.31. The van der Waals surface area contributed by atoms with Gasteiger partial charge in [0.15, 0.2) is 4.34 Å². The molecule has 0 saturated heterocycles. The lowest BCUT2D eigenvalue weighted by molar-refractivity contribution is -0.113. The van der Waals surface area contributed by atoms with Crippen molar-refractivity contribution in [1.82, 2.24) is 4.98 Å². The summed E-state index contributed by atoms with van der Waals surface area (Å²) in [5.74, 6) is -1.54. The number of thiazole rings is 1. The topological polar surface area (TPSA) is 108 Å². The largest absolute Gasteiger partial charge is 0.478 e. The van der Waals surface area contributed by atoms with Crippen LogP contribution in [0.4, 0.5) is 11.4 Å². The van der Waals surface area contributed by atoms with Gasteiger partial charge < -0.3 is 15.7 Å². The molecule has 0 unspecified atom stereocenters. The number of anilines is 2. The Hall–Kier alpha value is -3.69. The molecule has 0 aliphatic carbocycles. The van der Waals surface area contributed by atoms with E-state index in [-0.39, 0.29) is 22.8 Å². The maximum Gasteiger partial charge on any atom is 0.336 e. The first-order valence-corrected chi connectivity index (χ1v) is 12.1. The lowest BCUT2D eigenvalue weighted by Crippen LogP contribution is -2.16. The van der Waals surface area contributed by atoms with E-state index < -0.39 is 11.9 Å². The molecule has 0 aliphatic rings. The van der Waals surface area contributed by atoms with Gasteiger partial charge in [-0.2, -0.15) is 0 Å². The van der Waals surface area contributed by atoms with Gasteiger partial charge in [-0.25, -0.2) is 9.78 Å². The molecule has 3 N–H and O–H groups in total. The number of aromatic carboxylic acids is 1. The zero-order valence-electron chi connectivity index (χ0n) is 18.4. The van der Waals surface area contributed by atoms with Crippen molar-refractivity contribution in [3.05, 3.63) is 82.9 Å². The number of aromatic nitrogens is 1. The molecule has 0 atom stereocenters. The van der Waals surface area contributed by atoms with Crippen molar-refractivity contribution >= 4 is 62.5 Å². The highest BCUT2D eigenvalue weighted by atomic mass is 32.2. The van der Waals surface area contributed by atoms with Crippen LogP contribution in [0.15, 0.2) is 65.0 Å². The number of aryl methyl sites for hydroxylation is 2. The predicted molar refractivity (Wildman–Crippen MR) is 136 cm³/mol. The molecule has 1 heterocycles. The quantitative estimate of drug-likeness (QED) is 0.291. The van der Waals surface area contributed by atoms with Gasteiger partial charge in [0.05, 0.1) is 27.1 Å². The van der Waals surface area contributed by atoms with E-state index in [1.807, 2.05) is 32.0 Å². The number of carbonyl (C=O) groups excluding carboxylic acids is 2. The molecule has 34 heavy (non-hydrogen) atoms. The van der Waals surface area contributed by atoms with E-state index in [0.29, 0.717) is 5.69 Å². The van der Waals surface area contributed by atoms with Crippen molar-refractivity contribution < 1.29 is 19.5 Å². The third-order valence-electron chi connectivity index (χ3n) is 5.02. The lowest BCUT2D eigenvalue weighted by Gasteiger charge is -2.08. The Balaban J connectivity index is 1.42. The predicted octanol–water partition coefficient (Wildman–Crippen LogP) is 5.59. The molecular formula is C25H21N3O4S2. The molecular weight excluding hydrogens is 470 g/mol. The fourth-order valence-electron chi connectivity index (χ4n) is 3.29. The van der Waals surface area contributed by atoms with Crippen LogP contribution in [-0.2, 0) is 4.79 Å². The molecule has 2 amide bonds. The van der Waals surface area contributed by atoms with E-state index in [0.717, 1.165) is 31.4 Å². The number of hydrogen-bond acceptors (Lipinski definition) is 6. The second-order valence-electron chi connectivity index (χ2n) is 7.62. The molecule has 3 aromatic carbocycles. The number of nitrogens with zero attached hydrogens (tertiary/aromatic N) is 1. The summed E-state index contributed by atoms with van der Waals surface area (Å²) in [6, 6.07) is 17.3. The molecule has 0 bridgehead atoms. The molecule has 172 valence electrons. The van der Waals surface area contributed by atoms with Crippen LogP contribution in [-0.4, -0.2) is 33.6 Å². The molecule has 9 heteroatoms. The van der Waals surface area contributed by atoms with E-state index in [2.05, 4.69) is 15.6 Å². The normalized spacial score (nSPS) is 10.8. The number of benzene rings is 3. The standard InChI is InChI=1S/C25H21N3O4S2/c1-14-7-8-15(2)20(11-14)27-22(29)13-33-25-28-19-10-9-16(12-21(19)34-25)26-23(30)17-5-3-4-6-18(17)24(31)32/h3-12H,13H2,1-2H3,(H,26,30)(H,27,29)(H,31,32). The molecule has 4 rings (SSSR count). The van der Waals surface area contributed by atoms with Crippen LogP contribution < -0.4 is 10.6 Å². The van der Waals surface area contributed by atoms with Gasteiger partial charge in [0.1, 0.15) is 0 Å². The first-order chi connectivity index (χ1) is 16.3. The number of thioether (sulfide) groups is 1. The summed E-state index contributed by atoms with van der Waals surface area (Å²) in [6.45, 7) is 3.93. The minimum absolute atomic E-state index is 0.0586. The maximum atomic E-state index is 12.6. The van der Waals surface area contributed by atoms with Crippen molar-refractivity contribution in [2.24, 2.45) is 0 Å². The number of carboxylic acids is 1. The van der Waals surface area contributed by atoms with Crippen LogP contribution in [0, 0.1) is 13.8 Å². The molecule has 0 fully saturated rings. The fourth-order valence-corrected chi connectivity index (χ4v) is 5.20. The van der Waals surface area contributed by atoms with Gasteiger partial charge in [-0.3, -0.25) is 9.59 Å². The third kappa shape index (κ3) is 5.44. The molecule has 0 aliphatic heterocycles. The van der Waals surface area contributed by atoms with Crippen molar-refractivity contribution in [3.8, 4) is 0 Å². The van der Waals surface area contributed by atoms with Crippen molar-refractivity contribution in [3.63, 3.8) is 0 Å². The number of carbonyl (C=O) groups is 3. The van der Waals surface area contributed by atoms with Crippen LogP contribution in [0.3, 0.4) is 0 Å². The second kappa shape index (κ2) is 10.1. The van der Waals surface area contributed by atoms with E-state index in [1.54, 1.807) is 30.3 Å². The van der Waals surface area contributed by atoms with Crippen LogP contribution in [0.1, 0.15) is 31.8 Å². The number of fused-ring (bicyclic) bond motifs is 1. The number of hydrogen-bond donors (Lipinski definition) is 3. The number of nitrogens with one attached hydrogen (secondary N) is 2. The summed E-state index contributed by atoms with van der Waals surface area (Å²) in [5, 5.41) is 15.0. The zero-order valence-corrected chi connectivity index (χ0v) is 20.0. The first-order valence-electron chi connectivity index (χ1n) is 10.3. The Morgan fingerprint density at radius 3 is 2.50 bits per heavy atom. The van der Waals surface area contributed by atoms with E-state index in [1.165, 1.54) is 35.2 Å². The SMILES string of the molecule is Cc1ccc(C)c(NC(=O)CSc2nc3ccc(NC(=O)c4ccccc4C(=O)O)cc3s2)c1. The van der Waals surface area contributed by atoms with Gasteiger partial charge in [0.2, 0.25) is 5.91 Å². The highest BCUT2D eigenvalue weighted by molar-refractivity contribution is 8.01. The molecule has 4 aromatic rings. The Morgan fingerprint density at radius 1 is 0.971 bits per heavy atom. The van der Waals surface area contributed by atoms with Gasteiger partial charge >= 0.3 is 5.97 Å². The van der Waals surface area contributed by atoms with Gasteiger partial charge in [-0.15, -0.1) is 11.3 Å². The summed E-state index contributed by atoms with van der Waals surface area (Å²) in [4.78, 5) is 41.0.